The van der Waals surface area contributed by atoms with Gasteiger partial charge in [-0.05, 0) is 53.1 Å². The molecule has 0 unspecified atom stereocenters. The van der Waals surface area contributed by atoms with E-state index >= 15 is 0 Å². The van der Waals surface area contributed by atoms with Crippen LogP contribution in [0.5, 0.6) is 0 Å². The molecule has 0 aliphatic carbocycles. The van der Waals surface area contributed by atoms with Crippen LogP contribution >= 0.6 is 15.9 Å². The Hall–Kier alpha value is -0.410. The summed E-state index contributed by atoms with van der Waals surface area (Å²) in [5.74, 6) is -0.186. The average molecular weight is 246 g/mol. The first-order chi connectivity index (χ1) is 6.24. The first kappa shape index (κ1) is 10.7. The smallest absolute Gasteiger partial charge is 0.137 e. The molecule has 0 saturated heterocycles. The van der Waals surface area contributed by atoms with Crippen molar-refractivity contribution in [3.8, 4) is 0 Å². The summed E-state index contributed by atoms with van der Waals surface area (Å²) in [6.07, 6.45) is 0.873. The Morgan fingerprint density at radius 2 is 2.23 bits per heavy atom. The van der Waals surface area contributed by atoms with Crippen LogP contribution in [0.1, 0.15) is 12.5 Å². The van der Waals surface area contributed by atoms with Crippen molar-refractivity contribution in [3.05, 3.63) is 34.1 Å². The minimum Gasteiger partial charge on any atom is -0.317 e. The highest BCUT2D eigenvalue weighted by atomic mass is 79.9. The summed E-state index contributed by atoms with van der Waals surface area (Å²) in [4.78, 5) is 0. The first-order valence-corrected chi connectivity index (χ1v) is 5.18. The maximum Gasteiger partial charge on any atom is 0.137 e. The Bertz CT molecular complexity index is 276. The van der Waals surface area contributed by atoms with Crippen molar-refractivity contribution in [2.45, 2.75) is 13.3 Å². The summed E-state index contributed by atoms with van der Waals surface area (Å²) in [7, 11) is 0. The third-order valence-electron chi connectivity index (χ3n) is 1.82. The summed E-state index contributed by atoms with van der Waals surface area (Å²) >= 11 is 3.12. The number of rotatable bonds is 4. The van der Waals surface area contributed by atoms with Gasteiger partial charge < -0.3 is 5.32 Å². The molecule has 72 valence electrons. The highest BCUT2D eigenvalue weighted by Crippen LogP contribution is 2.16. The van der Waals surface area contributed by atoms with Gasteiger partial charge in [0.2, 0.25) is 0 Å². The fraction of sp³-hybridized carbons (Fsp3) is 0.400. The second kappa shape index (κ2) is 5.35. The summed E-state index contributed by atoms with van der Waals surface area (Å²) in [5, 5.41) is 3.20. The molecule has 0 aromatic heterocycles. The van der Waals surface area contributed by atoms with E-state index in [1.165, 1.54) is 0 Å². The zero-order valence-corrected chi connectivity index (χ0v) is 9.20. The van der Waals surface area contributed by atoms with E-state index in [1.807, 2.05) is 6.07 Å². The minimum absolute atomic E-state index is 0.186. The summed E-state index contributed by atoms with van der Waals surface area (Å²) in [5.41, 5.74) is 1.03. The van der Waals surface area contributed by atoms with Gasteiger partial charge >= 0.3 is 0 Å². The first-order valence-electron chi connectivity index (χ1n) is 4.38. The number of benzene rings is 1. The van der Waals surface area contributed by atoms with Gasteiger partial charge in [-0.3, -0.25) is 0 Å². The quantitative estimate of drug-likeness (QED) is 0.805. The van der Waals surface area contributed by atoms with Crippen LogP contribution in [0.15, 0.2) is 22.7 Å². The predicted octanol–water partition coefficient (Wildman–Crippen LogP) is 2.74. The minimum atomic E-state index is -0.186. The molecule has 0 aliphatic heterocycles. The number of nitrogens with one attached hydrogen (secondary N) is 1. The Morgan fingerprint density at radius 3 is 2.85 bits per heavy atom. The normalized spacial score (nSPS) is 10.4. The molecule has 0 amide bonds. The molecule has 1 rings (SSSR count). The predicted molar refractivity (Wildman–Crippen MR) is 56.3 cm³/mol. The highest BCUT2D eigenvalue weighted by molar-refractivity contribution is 9.10. The van der Waals surface area contributed by atoms with E-state index in [1.54, 1.807) is 12.1 Å². The maximum atomic E-state index is 13.0. The van der Waals surface area contributed by atoms with Gasteiger partial charge in [0.05, 0.1) is 4.47 Å². The average Bonchev–Trinajstić information content (AvgIpc) is 2.12. The Kier molecular flexibility index (Phi) is 4.39. The van der Waals surface area contributed by atoms with Gasteiger partial charge in [0, 0.05) is 0 Å². The second-order valence-electron chi connectivity index (χ2n) is 2.85. The van der Waals surface area contributed by atoms with Crippen molar-refractivity contribution in [3.63, 3.8) is 0 Å². The lowest BCUT2D eigenvalue weighted by atomic mass is 10.1. The monoisotopic (exact) mass is 245 g/mol. The summed E-state index contributed by atoms with van der Waals surface area (Å²) in [6, 6.07) is 5.25. The van der Waals surface area contributed by atoms with Crippen molar-refractivity contribution in [2.24, 2.45) is 0 Å². The zero-order valence-electron chi connectivity index (χ0n) is 7.61. The molecule has 0 atom stereocenters. The molecule has 0 aliphatic rings. The summed E-state index contributed by atoms with van der Waals surface area (Å²) < 4.78 is 13.5. The molecular weight excluding hydrogens is 233 g/mol. The molecule has 3 heteroatoms. The maximum absolute atomic E-state index is 13.0. The fourth-order valence-electron chi connectivity index (χ4n) is 1.10. The van der Waals surface area contributed by atoms with Crippen LogP contribution < -0.4 is 5.32 Å². The number of halogens is 2. The van der Waals surface area contributed by atoms with Crippen LogP contribution in [0.4, 0.5) is 4.39 Å². The SMILES string of the molecule is CCNCCc1ccc(Br)c(F)c1. The molecule has 13 heavy (non-hydrogen) atoms. The molecule has 0 saturated carbocycles. The molecule has 1 nitrogen and oxygen atoms in total. The third kappa shape index (κ3) is 3.44. The third-order valence-corrected chi connectivity index (χ3v) is 2.47. The lowest BCUT2D eigenvalue weighted by Crippen LogP contribution is -2.16. The van der Waals surface area contributed by atoms with Crippen LogP contribution in [0.2, 0.25) is 0 Å². The van der Waals surface area contributed by atoms with Crippen LogP contribution in [-0.4, -0.2) is 13.1 Å². The largest absolute Gasteiger partial charge is 0.317 e. The van der Waals surface area contributed by atoms with Gasteiger partial charge in [-0.15, -0.1) is 0 Å². The van der Waals surface area contributed by atoms with Crippen molar-refractivity contribution in [1.82, 2.24) is 5.32 Å². The zero-order chi connectivity index (χ0) is 9.68. The number of likely N-dealkylation sites (N-methyl/N-ethyl adjacent to an activating group) is 1. The Morgan fingerprint density at radius 1 is 1.46 bits per heavy atom. The van der Waals surface area contributed by atoms with Crippen molar-refractivity contribution in [1.29, 1.82) is 0 Å². The van der Waals surface area contributed by atoms with E-state index in [0.717, 1.165) is 25.1 Å². The van der Waals surface area contributed by atoms with Crippen LogP contribution in [0.25, 0.3) is 0 Å². The lowest BCUT2D eigenvalue weighted by molar-refractivity contribution is 0.617. The van der Waals surface area contributed by atoms with Gasteiger partial charge in [0.25, 0.3) is 0 Å². The number of hydrogen-bond acceptors (Lipinski definition) is 1. The van der Waals surface area contributed by atoms with E-state index < -0.39 is 0 Å². The van der Waals surface area contributed by atoms with E-state index in [9.17, 15) is 4.39 Å². The lowest BCUT2D eigenvalue weighted by Gasteiger charge is -2.02. The Balaban J connectivity index is 2.53. The van der Waals surface area contributed by atoms with Crippen molar-refractivity contribution in [2.75, 3.05) is 13.1 Å². The summed E-state index contributed by atoms with van der Waals surface area (Å²) in [6.45, 7) is 3.92. The van der Waals surface area contributed by atoms with E-state index in [2.05, 4.69) is 28.2 Å². The molecule has 0 radical (unpaired) electrons. The van der Waals surface area contributed by atoms with Crippen LogP contribution in [0.3, 0.4) is 0 Å². The molecular formula is C10H13BrFN. The van der Waals surface area contributed by atoms with E-state index in [-0.39, 0.29) is 5.82 Å². The van der Waals surface area contributed by atoms with Crippen molar-refractivity contribution < 1.29 is 4.39 Å². The van der Waals surface area contributed by atoms with Gasteiger partial charge in [-0.25, -0.2) is 4.39 Å². The molecule has 1 aromatic rings. The number of hydrogen-bond donors (Lipinski definition) is 1. The highest BCUT2D eigenvalue weighted by Gasteiger charge is 1.99. The van der Waals surface area contributed by atoms with E-state index in [0.29, 0.717) is 4.47 Å². The van der Waals surface area contributed by atoms with Gasteiger partial charge in [0.1, 0.15) is 5.82 Å². The fourth-order valence-corrected chi connectivity index (χ4v) is 1.35. The van der Waals surface area contributed by atoms with Crippen LogP contribution in [0, 0.1) is 5.82 Å². The molecule has 1 aromatic carbocycles. The molecule has 1 N–H and O–H groups in total. The van der Waals surface area contributed by atoms with Crippen molar-refractivity contribution >= 4 is 15.9 Å². The standard InChI is InChI=1S/C10H13BrFN/c1-2-13-6-5-8-3-4-9(11)10(12)7-8/h3-4,7,13H,2,5-6H2,1H3. The van der Waals surface area contributed by atoms with Crippen LogP contribution in [-0.2, 0) is 6.42 Å². The van der Waals surface area contributed by atoms with Gasteiger partial charge in [-0.1, -0.05) is 13.0 Å². The topological polar surface area (TPSA) is 12.0 Å². The van der Waals surface area contributed by atoms with E-state index in [4.69, 9.17) is 0 Å². The molecule has 0 bridgehead atoms. The van der Waals surface area contributed by atoms with Gasteiger partial charge in [-0.2, -0.15) is 0 Å². The molecule has 0 spiro atoms. The second-order valence-corrected chi connectivity index (χ2v) is 3.71. The molecule has 0 heterocycles. The molecule has 0 fully saturated rings. The Labute approximate surface area is 86.5 Å². The van der Waals surface area contributed by atoms with Gasteiger partial charge in [0.15, 0.2) is 0 Å².